The van der Waals surface area contributed by atoms with E-state index in [9.17, 15) is 18.0 Å². The van der Waals surface area contributed by atoms with E-state index >= 15 is 0 Å². The maximum Gasteiger partial charge on any atom is 0.573 e. The molecule has 2 rings (SSSR count). The van der Waals surface area contributed by atoms with Crippen LogP contribution in [-0.2, 0) is 0 Å². The Kier molecular flexibility index (Phi) is 9.43. The Bertz CT molecular complexity index is 910. The van der Waals surface area contributed by atoms with Gasteiger partial charge in [-0.05, 0) is 30.3 Å². The number of ether oxygens (including phenoxy) is 3. The fourth-order valence-electron chi connectivity index (χ4n) is 2.19. The zero-order chi connectivity index (χ0) is 23.0. The van der Waals surface area contributed by atoms with Crippen molar-refractivity contribution in [2.45, 2.75) is 6.36 Å². The van der Waals surface area contributed by atoms with Crippen LogP contribution in [0.15, 0.2) is 47.0 Å². The van der Waals surface area contributed by atoms with Crippen molar-refractivity contribution in [1.29, 1.82) is 0 Å². The minimum Gasteiger partial charge on any atom is -0.489 e. The molecule has 0 bridgehead atoms. The highest BCUT2D eigenvalue weighted by molar-refractivity contribution is 6.55. The number of carbonyl (C=O) groups excluding carboxylic acids is 1. The van der Waals surface area contributed by atoms with Crippen molar-refractivity contribution in [2.75, 3.05) is 19.8 Å². The van der Waals surface area contributed by atoms with Gasteiger partial charge in [-0.2, -0.15) is 0 Å². The summed E-state index contributed by atoms with van der Waals surface area (Å²) in [5.74, 6) is -0.357. The molecule has 0 aliphatic carbocycles. The Labute approximate surface area is 195 Å². The maximum absolute atomic E-state index is 12.2. The summed E-state index contributed by atoms with van der Waals surface area (Å²) in [6.07, 6.45) is -3.36. The summed E-state index contributed by atoms with van der Waals surface area (Å²) in [5, 5.41) is 2.94. The minimum absolute atomic E-state index is 0.0330. The van der Waals surface area contributed by atoms with E-state index in [2.05, 4.69) is 10.1 Å². The van der Waals surface area contributed by atoms with Gasteiger partial charge in [0.15, 0.2) is 5.75 Å². The molecule has 0 saturated heterocycles. The van der Waals surface area contributed by atoms with Gasteiger partial charge in [-0.15, -0.1) is 13.2 Å². The lowest BCUT2D eigenvalue weighted by atomic mass is 10.2. The highest BCUT2D eigenvalue weighted by Gasteiger charge is 2.31. The predicted molar refractivity (Wildman–Crippen MR) is 113 cm³/mol. The lowest BCUT2D eigenvalue weighted by Crippen LogP contribution is -2.28. The summed E-state index contributed by atoms with van der Waals surface area (Å²) >= 11 is 23.3. The Morgan fingerprint density at radius 3 is 2.16 bits per heavy atom. The first-order valence-electron chi connectivity index (χ1n) is 8.45. The second kappa shape index (κ2) is 11.6. The van der Waals surface area contributed by atoms with Gasteiger partial charge in [0, 0.05) is 17.7 Å². The van der Waals surface area contributed by atoms with Gasteiger partial charge in [0.25, 0.3) is 5.91 Å². The van der Waals surface area contributed by atoms with E-state index < -0.39 is 18.0 Å². The van der Waals surface area contributed by atoms with Crippen LogP contribution in [0, 0.1) is 0 Å². The number of amides is 1. The second-order valence-electron chi connectivity index (χ2n) is 5.70. The molecule has 0 saturated carbocycles. The van der Waals surface area contributed by atoms with Crippen LogP contribution in [0.25, 0.3) is 0 Å². The van der Waals surface area contributed by atoms with Crippen LogP contribution in [0.3, 0.4) is 0 Å². The maximum atomic E-state index is 12.2. The van der Waals surface area contributed by atoms with Gasteiger partial charge in [-0.25, -0.2) is 0 Å². The fourth-order valence-corrected chi connectivity index (χ4v) is 2.89. The fraction of sp³-hybridized carbons (Fsp3) is 0.211. The third kappa shape index (κ3) is 8.95. The lowest BCUT2D eigenvalue weighted by molar-refractivity contribution is -0.274. The van der Waals surface area contributed by atoms with E-state index in [0.29, 0.717) is 5.75 Å². The highest BCUT2D eigenvalue weighted by atomic mass is 35.5. The molecule has 0 atom stereocenters. The molecule has 0 spiro atoms. The molecule has 0 radical (unpaired) electrons. The summed E-state index contributed by atoms with van der Waals surface area (Å²) in [4.78, 5) is 12.1. The monoisotopic (exact) mass is 517 g/mol. The molecule has 1 amide bonds. The number of carbonyl (C=O) groups is 1. The SMILES string of the molecule is O=C(NCCOc1c(Cl)cc(OCC=C(Cl)Cl)cc1Cl)c1ccc(OC(F)(F)F)cc1. The Hall–Kier alpha value is -2.00. The average molecular weight is 519 g/mol. The number of halogens is 7. The molecular weight excluding hydrogens is 505 g/mol. The van der Waals surface area contributed by atoms with Gasteiger partial charge < -0.3 is 19.5 Å². The normalized spacial score (nSPS) is 10.9. The van der Waals surface area contributed by atoms with E-state index in [-0.39, 0.29) is 45.6 Å². The quantitative estimate of drug-likeness (QED) is 0.390. The van der Waals surface area contributed by atoms with Crippen LogP contribution in [0.2, 0.25) is 10.0 Å². The number of alkyl halides is 3. The molecule has 2 aromatic carbocycles. The first-order chi connectivity index (χ1) is 14.5. The molecule has 5 nitrogen and oxygen atoms in total. The van der Waals surface area contributed by atoms with Crippen molar-refractivity contribution in [3.63, 3.8) is 0 Å². The smallest absolute Gasteiger partial charge is 0.489 e. The third-order valence-electron chi connectivity index (χ3n) is 3.44. The second-order valence-corrected chi connectivity index (χ2v) is 7.52. The molecule has 168 valence electrons. The van der Waals surface area contributed by atoms with E-state index in [0.717, 1.165) is 12.1 Å². The van der Waals surface area contributed by atoms with E-state index in [1.54, 1.807) is 0 Å². The van der Waals surface area contributed by atoms with Crippen molar-refractivity contribution in [3.05, 3.63) is 62.6 Å². The van der Waals surface area contributed by atoms with Crippen molar-refractivity contribution >= 4 is 52.3 Å². The van der Waals surface area contributed by atoms with Gasteiger partial charge >= 0.3 is 6.36 Å². The molecule has 12 heteroatoms. The van der Waals surface area contributed by atoms with E-state index in [4.69, 9.17) is 55.9 Å². The van der Waals surface area contributed by atoms with E-state index in [1.165, 1.54) is 30.3 Å². The van der Waals surface area contributed by atoms with Crippen molar-refractivity contribution < 1.29 is 32.2 Å². The highest BCUT2D eigenvalue weighted by Crippen LogP contribution is 2.37. The van der Waals surface area contributed by atoms with Crippen LogP contribution in [0.5, 0.6) is 17.2 Å². The molecule has 31 heavy (non-hydrogen) atoms. The molecule has 2 aromatic rings. The van der Waals surface area contributed by atoms with Crippen molar-refractivity contribution in [3.8, 4) is 17.2 Å². The zero-order valence-electron chi connectivity index (χ0n) is 15.4. The lowest BCUT2D eigenvalue weighted by Gasteiger charge is -2.13. The molecule has 0 aliphatic heterocycles. The summed E-state index contributed by atoms with van der Waals surface area (Å²) in [6, 6.07) is 7.47. The average Bonchev–Trinajstić information content (AvgIpc) is 2.65. The van der Waals surface area contributed by atoms with Crippen LogP contribution in [0.1, 0.15) is 10.4 Å². The third-order valence-corrected chi connectivity index (χ3v) is 4.31. The molecule has 0 aromatic heterocycles. The Morgan fingerprint density at radius 1 is 1.00 bits per heavy atom. The summed E-state index contributed by atoms with van der Waals surface area (Å²) < 4.78 is 51.1. The zero-order valence-corrected chi connectivity index (χ0v) is 18.5. The first kappa shape index (κ1) is 25.3. The molecule has 1 N–H and O–H groups in total. The number of rotatable bonds is 9. The summed E-state index contributed by atoms with van der Waals surface area (Å²) in [6.45, 7) is 0.235. The van der Waals surface area contributed by atoms with Gasteiger partial charge in [-0.3, -0.25) is 4.79 Å². The largest absolute Gasteiger partial charge is 0.573 e. The van der Waals surface area contributed by atoms with Crippen molar-refractivity contribution in [1.82, 2.24) is 5.32 Å². The minimum atomic E-state index is -4.80. The molecule has 0 heterocycles. The molecule has 0 fully saturated rings. The Balaban J connectivity index is 1.84. The number of hydrogen-bond donors (Lipinski definition) is 1. The summed E-state index contributed by atoms with van der Waals surface area (Å²) in [5.41, 5.74) is 0.151. The number of hydrogen-bond acceptors (Lipinski definition) is 4. The number of nitrogens with one attached hydrogen (secondary N) is 1. The predicted octanol–water partition coefficient (Wildman–Crippen LogP) is 6.40. The van der Waals surface area contributed by atoms with Gasteiger partial charge in [-0.1, -0.05) is 46.4 Å². The molecular formula is C19H14Cl4F3NO4. The van der Waals surface area contributed by atoms with E-state index in [1.807, 2.05) is 0 Å². The van der Waals surface area contributed by atoms with Crippen molar-refractivity contribution in [2.24, 2.45) is 0 Å². The van der Waals surface area contributed by atoms with Crippen LogP contribution in [0.4, 0.5) is 13.2 Å². The molecule has 0 unspecified atom stereocenters. The van der Waals surface area contributed by atoms with Gasteiger partial charge in [0.2, 0.25) is 0 Å². The summed E-state index contributed by atoms with van der Waals surface area (Å²) in [7, 11) is 0. The van der Waals surface area contributed by atoms with Gasteiger partial charge in [0.1, 0.15) is 29.2 Å². The standard InChI is InChI=1S/C19H14Cl4F3NO4/c20-14-9-13(29-7-5-16(22)23)10-15(21)17(14)30-8-6-27-18(28)11-1-3-12(4-2-11)31-19(24,25)26/h1-5,9-10H,6-8H2,(H,27,28). The van der Waals surface area contributed by atoms with Crippen LogP contribution < -0.4 is 19.5 Å². The van der Waals surface area contributed by atoms with Crippen LogP contribution >= 0.6 is 46.4 Å². The first-order valence-corrected chi connectivity index (χ1v) is 9.96. The number of benzene rings is 2. The Morgan fingerprint density at radius 2 is 1.61 bits per heavy atom. The van der Waals surface area contributed by atoms with Crippen LogP contribution in [-0.4, -0.2) is 32.0 Å². The molecule has 0 aliphatic rings. The van der Waals surface area contributed by atoms with Gasteiger partial charge in [0.05, 0.1) is 16.6 Å². The topological polar surface area (TPSA) is 56.8 Å².